The molecule has 4 rings (SSSR count). The molecule has 32 heavy (non-hydrogen) atoms. The second-order valence-electron chi connectivity index (χ2n) is 8.40. The Morgan fingerprint density at radius 2 is 1.53 bits per heavy atom. The van der Waals surface area contributed by atoms with Gasteiger partial charge in [-0.25, -0.2) is 0 Å². The molecule has 0 aliphatic rings. The minimum atomic E-state index is -0.0243. The number of hydrogen-bond donors (Lipinski definition) is 1. The van der Waals surface area contributed by atoms with E-state index in [4.69, 9.17) is 0 Å². The molecular formula is C29H32N2O. The summed E-state index contributed by atoms with van der Waals surface area (Å²) in [5.41, 5.74) is 6.17. The normalized spacial score (nSPS) is 13.1. The number of nitrogens with zero attached hydrogens (tertiary/aromatic N) is 1. The molecule has 1 amide bonds. The first-order valence-electron chi connectivity index (χ1n) is 11.6. The highest BCUT2D eigenvalue weighted by Crippen LogP contribution is 2.36. The van der Waals surface area contributed by atoms with Crippen molar-refractivity contribution in [3.8, 4) is 0 Å². The van der Waals surface area contributed by atoms with Crippen LogP contribution in [0.1, 0.15) is 61.4 Å². The predicted molar refractivity (Wildman–Crippen MR) is 133 cm³/mol. The third-order valence-corrected chi connectivity index (χ3v) is 6.38. The van der Waals surface area contributed by atoms with Crippen molar-refractivity contribution in [3.05, 3.63) is 107 Å². The average Bonchev–Trinajstić information content (AvgIpc) is 3.22. The summed E-state index contributed by atoms with van der Waals surface area (Å²) in [6.07, 6.45) is 3.67. The zero-order valence-electron chi connectivity index (χ0n) is 19.2. The Labute approximate surface area is 191 Å². The highest BCUT2D eigenvalue weighted by Gasteiger charge is 2.24. The van der Waals surface area contributed by atoms with Crippen LogP contribution in [0, 0.1) is 0 Å². The lowest BCUT2D eigenvalue weighted by Gasteiger charge is -2.20. The molecule has 0 saturated heterocycles. The van der Waals surface area contributed by atoms with Crippen molar-refractivity contribution >= 4 is 16.8 Å². The fourth-order valence-corrected chi connectivity index (χ4v) is 4.68. The maximum atomic E-state index is 13.2. The van der Waals surface area contributed by atoms with Crippen molar-refractivity contribution in [3.63, 3.8) is 0 Å². The van der Waals surface area contributed by atoms with Crippen LogP contribution in [0.25, 0.3) is 10.9 Å². The van der Waals surface area contributed by atoms with Crippen molar-refractivity contribution in [2.24, 2.45) is 0 Å². The van der Waals surface area contributed by atoms with E-state index >= 15 is 0 Å². The van der Waals surface area contributed by atoms with Gasteiger partial charge >= 0.3 is 0 Å². The van der Waals surface area contributed by atoms with E-state index in [1.807, 2.05) is 31.2 Å². The van der Waals surface area contributed by atoms with Crippen LogP contribution < -0.4 is 5.32 Å². The molecule has 4 aromatic rings. The van der Waals surface area contributed by atoms with E-state index in [2.05, 4.69) is 84.5 Å². The van der Waals surface area contributed by atoms with E-state index in [1.165, 1.54) is 27.6 Å². The molecule has 0 saturated carbocycles. The zero-order chi connectivity index (χ0) is 22.5. The standard InChI is InChI=1S/C29H32N2O/c1-4-22-17-12-18-25-27(20-31(5-2)29(22)25)26(24-15-10-7-11-16-24)19-28(32)30-21(3)23-13-8-6-9-14-23/h6-18,20-21,26H,4-5,19H2,1-3H3,(H,30,32)/t21-,26+/m1/s1. The molecule has 1 heterocycles. The van der Waals surface area contributed by atoms with Crippen molar-refractivity contribution in [1.29, 1.82) is 0 Å². The highest BCUT2D eigenvalue weighted by atomic mass is 16.1. The van der Waals surface area contributed by atoms with Gasteiger partial charge in [-0.3, -0.25) is 4.79 Å². The summed E-state index contributed by atoms with van der Waals surface area (Å²) < 4.78 is 2.34. The third-order valence-electron chi connectivity index (χ3n) is 6.38. The van der Waals surface area contributed by atoms with Gasteiger partial charge in [0.05, 0.1) is 11.6 Å². The number of hydrogen-bond acceptors (Lipinski definition) is 1. The minimum Gasteiger partial charge on any atom is -0.350 e. The molecule has 1 aromatic heterocycles. The van der Waals surface area contributed by atoms with Crippen molar-refractivity contribution in [1.82, 2.24) is 9.88 Å². The summed E-state index contributed by atoms with van der Waals surface area (Å²) >= 11 is 0. The van der Waals surface area contributed by atoms with Gasteiger partial charge in [0, 0.05) is 30.5 Å². The van der Waals surface area contributed by atoms with E-state index in [-0.39, 0.29) is 17.9 Å². The Morgan fingerprint density at radius 1 is 0.875 bits per heavy atom. The number of carbonyl (C=O) groups is 1. The Bertz CT molecular complexity index is 1180. The number of para-hydroxylation sites is 1. The summed E-state index contributed by atoms with van der Waals surface area (Å²) in [4.78, 5) is 13.2. The number of aromatic nitrogens is 1. The Balaban J connectivity index is 1.71. The minimum absolute atomic E-state index is 0.00146. The molecule has 2 atom stereocenters. The molecule has 0 unspecified atom stereocenters. The molecular weight excluding hydrogens is 392 g/mol. The van der Waals surface area contributed by atoms with E-state index in [0.717, 1.165) is 18.5 Å². The lowest BCUT2D eigenvalue weighted by atomic mass is 9.87. The lowest BCUT2D eigenvalue weighted by molar-refractivity contribution is -0.121. The first kappa shape index (κ1) is 21.9. The molecule has 0 aliphatic heterocycles. The molecule has 3 nitrogen and oxygen atoms in total. The first-order valence-corrected chi connectivity index (χ1v) is 11.6. The molecule has 3 heteroatoms. The lowest BCUT2D eigenvalue weighted by Crippen LogP contribution is -2.28. The van der Waals surface area contributed by atoms with Gasteiger partial charge in [0.1, 0.15) is 0 Å². The summed E-state index contributed by atoms with van der Waals surface area (Å²) in [7, 11) is 0. The monoisotopic (exact) mass is 424 g/mol. The fraction of sp³-hybridized carbons (Fsp3) is 0.276. The maximum absolute atomic E-state index is 13.2. The number of carbonyl (C=O) groups excluding carboxylic acids is 1. The van der Waals surface area contributed by atoms with Crippen LogP contribution in [-0.2, 0) is 17.8 Å². The molecule has 3 aromatic carbocycles. The second kappa shape index (κ2) is 9.86. The first-order chi connectivity index (χ1) is 15.6. The van der Waals surface area contributed by atoms with Crippen molar-refractivity contribution in [2.45, 2.75) is 52.1 Å². The van der Waals surface area contributed by atoms with E-state index in [9.17, 15) is 4.79 Å². The van der Waals surface area contributed by atoms with Gasteiger partial charge in [-0.15, -0.1) is 0 Å². The molecule has 0 fully saturated rings. The van der Waals surface area contributed by atoms with Gasteiger partial charge in [-0.1, -0.05) is 85.8 Å². The van der Waals surface area contributed by atoms with E-state index in [0.29, 0.717) is 6.42 Å². The van der Waals surface area contributed by atoms with Crippen LogP contribution in [-0.4, -0.2) is 10.5 Å². The fourth-order valence-electron chi connectivity index (χ4n) is 4.68. The van der Waals surface area contributed by atoms with E-state index < -0.39 is 0 Å². The Morgan fingerprint density at radius 3 is 2.16 bits per heavy atom. The van der Waals surface area contributed by atoms with Gasteiger partial charge in [0.2, 0.25) is 5.91 Å². The van der Waals surface area contributed by atoms with Crippen LogP contribution in [0.15, 0.2) is 85.1 Å². The SMILES string of the molecule is CCc1cccc2c([C@@H](CC(=O)N[C@H](C)c3ccccc3)c3ccccc3)cn(CC)c12. The van der Waals surface area contributed by atoms with Crippen LogP contribution in [0.5, 0.6) is 0 Å². The smallest absolute Gasteiger partial charge is 0.221 e. The van der Waals surface area contributed by atoms with Crippen LogP contribution in [0.4, 0.5) is 0 Å². The molecule has 164 valence electrons. The summed E-state index contributed by atoms with van der Waals surface area (Å²) in [6.45, 7) is 7.34. The largest absolute Gasteiger partial charge is 0.350 e. The molecule has 1 N–H and O–H groups in total. The van der Waals surface area contributed by atoms with Crippen molar-refractivity contribution < 1.29 is 4.79 Å². The summed E-state index contributed by atoms with van der Waals surface area (Å²) in [5.74, 6) is 0.0702. The number of benzene rings is 3. The van der Waals surface area contributed by atoms with Gasteiger partial charge in [0.25, 0.3) is 0 Å². The number of nitrogens with one attached hydrogen (secondary N) is 1. The van der Waals surface area contributed by atoms with Crippen LogP contribution >= 0.6 is 0 Å². The number of fused-ring (bicyclic) bond motifs is 1. The number of amides is 1. The predicted octanol–water partition coefficient (Wildman–Crippen LogP) is 6.62. The Kier molecular flexibility index (Phi) is 6.75. The van der Waals surface area contributed by atoms with Crippen LogP contribution in [0.2, 0.25) is 0 Å². The third kappa shape index (κ3) is 4.47. The second-order valence-corrected chi connectivity index (χ2v) is 8.40. The Hall–Kier alpha value is -3.33. The number of aryl methyl sites for hydroxylation is 2. The van der Waals surface area contributed by atoms with Crippen LogP contribution in [0.3, 0.4) is 0 Å². The molecule has 0 aliphatic carbocycles. The summed E-state index contributed by atoms with van der Waals surface area (Å²) in [5, 5.41) is 4.47. The van der Waals surface area contributed by atoms with E-state index in [1.54, 1.807) is 0 Å². The highest BCUT2D eigenvalue weighted by molar-refractivity contribution is 5.89. The van der Waals surface area contributed by atoms with Gasteiger partial charge < -0.3 is 9.88 Å². The van der Waals surface area contributed by atoms with Gasteiger partial charge in [-0.05, 0) is 42.5 Å². The quantitative estimate of drug-likeness (QED) is 0.339. The average molecular weight is 425 g/mol. The maximum Gasteiger partial charge on any atom is 0.221 e. The number of rotatable bonds is 8. The van der Waals surface area contributed by atoms with Gasteiger partial charge in [0.15, 0.2) is 0 Å². The molecule has 0 bridgehead atoms. The summed E-state index contributed by atoms with van der Waals surface area (Å²) in [6, 6.07) is 27.1. The topological polar surface area (TPSA) is 34.0 Å². The zero-order valence-corrected chi connectivity index (χ0v) is 19.2. The van der Waals surface area contributed by atoms with Crippen molar-refractivity contribution in [2.75, 3.05) is 0 Å². The molecule has 0 spiro atoms. The van der Waals surface area contributed by atoms with Gasteiger partial charge in [-0.2, -0.15) is 0 Å². The molecule has 0 radical (unpaired) electrons.